The van der Waals surface area contributed by atoms with Gasteiger partial charge in [0.15, 0.2) is 0 Å². The number of alkyl halides is 2. The summed E-state index contributed by atoms with van der Waals surface area (Å²) in [6.45, 7) is 0.587. The van der Waals surface area contributed by atoms with E-state index in [9.17, 15) is 36.0 Å². The molecule has 0 aromatic heterocycles. The van der Waals surface area contributed by atoms with Crippen molar-refractivity contribution < 1.29 is 36.0 Å². The zero-order valence-corrected chi connectivity index (χ0v) is 27.7. The lowest BCUT2D eigenvalue weighted by Crippen LogP contribution is -2.49. The van der Waals surface area contributed by atoms with Crippen LogP contribution in [0.15, 0.2) is 72.8 Å². The molecular weight excluding hydrogens is 647 g/mol. The van der Waals surface area contributed by atoms with Crippen molar-refractivity contribution in [3.63, 3.8) is 0 Å². The molecule has 1 aliphatic rings. The van der Waals surface area contributed by atoms with E-state index in [4.69, 9.17) is 0 Å². The normalized spacial score (nSPS) is 14.9. The molecule has 0 spiro atoms. The predicted molar refractivity (Wildman–Crippen MR) is 177 cm³/mol. The first-order valence-electron chi connectivity index (χ1n) is 15.6. The molecular formula is C34H40F3N5O5S. The number of sulfonamides is 1. The number of rotatable bonds is 16. The lowest BCUT2D eigenvalue weighted by molar-refractivity contribution is -0.122. The molecule has 10 nitrogen and oxygen atoms in total. The maximum absolute atomic E-state index is 14.1. The van der Waals surface area contributed by atoms with E-state index in [2.05, 4.69) is 21.3 Å². The van der Waals surface area contributed by atoms with Crippen molar-refractivity contribution in [3.8, 4) is 0 Å². The zero-order chi connectivity index (χ0) is 35.0. The van der Waals surface area contributed by atoms with Crippen molar-refractivity contribution in [3.05, 3.63) is 101 Å². The molecule has 4 rings (SSSR count). The van der Waals surface area contributed by atoms with Gasteiger partial charge in [0, 0.05) is 30.3 Å². The smallest absolute Gasteiger partial charge is 0.327 e. The Bertz CT molecular complexity index is 1690. The topological polar surface area (TPSA) is 137 Å². The number of carbonyl (C=O) groups excluding carboxylic acids is 3. The van der Waals surface area contributed by atoms with E-state index in [1.807, 2.05) is 30.3 Å². The first kappa shape index (κ1) is 36.4. The summed E-state index contributed by atoms with van der Waals surface area (Å²) in [6.07, 6.45) is 3.10. The predicted octanol–water partition coefficient (Wildman–Crippen LogP) is 4.15. The number of halogens is 3. The number of amides is 3. The van der Waals surface area contributed by atoms with Crippen LogP contribution in [-0.4, -0.2) is 64.1 Å². The van der Waals surface area contributed by atoms with Crippen LogP contribution < -0.4 is 25.6 Å². The van der Waals surface area contributed by atoms with Gasteiger partial charge in [-0.1, -0.05) is 42.5 Å². The Balaban J connectivity index is 1.60. The van der Waals surface area contributed by atoms with Crippen molar-refractivity contribution >= 4 is 33.4 Å². The SMILES string of the molecule is C[C@H](NC[C@H](Cc1ccccc1)NC(=O)c1cc(C(=O)N[C@H](C)c2ccc(F)cc2)cc(N(C(F)F)S(C)(=O)=O)c1)C(=O)NCC1CC1. The van der Waals surface area contributed by atoms with Crippen LogP contribution in [0.5, 0.6) is 0 Å². The van der Waals surface area contributed by atoms with Gasteiger partial charge in [-0.25, -0.2) is 17.1 Å². The molecule has 258 valence electrons. The van der Waals surface area contributed by atoms with Gasteiger partial charge in [0.2, 0.25) is 15.9 Å². The number of hydrogen-bond acceptors (Lipinski definition) is 6. The van der Waals surface area contributed by atoms with Crippen LogP contribution in [-0.2, 0) is 21.2 Å². The molecule has 3 atom stereocenters. The number of nitrogens with one attached hydrogen (secondary N) is 4. The van der Waals surface area contributed by atoms with E-state index >= 15 is 0 Å². The highest BCUT2D eigenvalue weighted by Gasteiger charge is 2.29. The molecule has 0 saturated heterocycles. The number of hydrogen-bond donors (Lipinski definition) is 4. The molecule has 3 aromatic carbocycles. The molecule has 0 unspecified atom stereocenters. The summed E-state index contributed by atoms with van der Waals surface area (Å²) in [6, 6.07) is 15.9. The Morgan fingerprint density at radius 2 is 1.50 bits per heavy atom. The second-order valence-electron chi connectivity index (χ2n) is 12.0. The molecule has 0 aliphatic heterocycles. The second-order valence-corrected chi connectivity index (χ2v) is 13.9. The Morgan fingerprint density at radius 1 is 0.896 bits per heavy atom. The van der Waals surface area contributed by atoms with Crippen molar-refractivity contribution in [2.45, 2.75) is 57.8 Å². The summed E-state index contributed by atoms with van der Waals surface area (Å²) in [5, 5.41) is 11.6. The Labute approximate surface area is 278 Å². The van der Waals surface area contributed by atoms with E-state index < -0.39 is 58.0 Å². The van der Waals surface area contributed by atoms with Gasteiger partial charge in [-0.05, 0) is 80.5 Å². The van der Waals surface area contributed by atoms with Gasteiger partial charge in [-0.15, -0.1) is 0 Å². The fourth-order valence-electron chi connectivity index (χ4n) is 5.04. The highest BCUT2D eigenvalue weighted by Crippen LogP contribution is 2.28. The lowest BCUT2D eigenvalue weighted by Gasteiger charge is -2.24. The minimum absolute atomic E-state index is 0.160. The summed E-state index contributed by atoms with van der Waals surface area (Å²) >= 11 is 0. The van der Waals surface area contributed by atoms with Gasteiger partial charge in [-0.2, -0.15) is 8.78 Å². The molecule has 14 heteroatoms. The third-order valence-electron chi connectivity index (χ3n) is 7.93. The van der Waals surface area contributed by atoms with Crippen LogP contribution >= 0.6 is 0 Å². The molecule has 1 fully saturated rings. The first-order chi connectivity index (χ1) is 22.7. The fourth-order valence-corrected chi connectivity index (χ4v) is 5.82. The van der Waals surface area contributed by atoms with Crippen molar-refractivity contribution in [2.24, 2.45) is 5.92 Å². The van der Waals surface area contributed by atoms with Crippen molar-refractivity contribution in [1.82, 2.24) is 21.3 Å². The van der Waals surface area contributed by atoms with Crippen LogP contribution in [0.2, 0.25) is 0 Å². The molecule has 1 aliphatic carbocycles. The summed E-state index contributed by atoms with van der Waals surface area (Å²) in [4.78, 5) is 39.6. The molecule has 0 bridgehead atoms. The van der Waals surface area contributed by atoms with Crippen LogP contribution in [0.4, 0.5) is 18.9 Å². The van der Waals surface area contributed by atoms with Crippen molar-refractivity contribution in [2.75, 3.05) is 23.7 Å². The number of benzene rings is 3. The highest BCUT2D eigenvalue weighted by molar-refractivity contribution is 7.92. The molecule has 48 heavy (non-hydrogen) atoms. The minimum atomic E-state index is -4.53. The van der Waals surface area contributed by atoms with Crippen molar-refractivity contribution in [1.29, 1.82) is 0 Å². The van der Waals surface area contributed by atoms with E-state index in [0.29, 0.717) is 30.7 Å². The van der Waals surface area contributed by atoms with Gasteiger partial charge in [0.1, 0.15) is 5.82 Å². The summed E-state index contributed by atoms with van der Waals surface area (Å²) in [5.41, 5.74) is 0.351. The third-order valence-corrected chi connectivity index (χ3v) is 9.02. The summed E-state index contributed by atoms with van der Waals surface area (Å²) in [7, 11) is -4.53. The van der Waals surface area contributed by atoms with E-state index in [-0.39, 0.29) is 27.9 Å². The van der Waals surface area contributed by atoms with Crippen LogP contribution in [0, 0.1) is 11.7 Å². The maximum Gasteiger partial charge on any atom is 0.327 e. The first-order valence-corrected chi connectivity index (χ1v) is 17.4. The quantitative estimate of drug-likeness (QED) is 0.167. The fraction of sp³-hybridized carbons (Fsp3) is 0.382. The molecule has 0 heterocycles. The largest absolute Gasteiger partial charge is 0.354 e. The Kier molecular flexibility index (Phi) is 12.2. The molecule has 1 saturated carbocycles. The van der Waals surface area contributed by atoms with Crippen LogP contribution in [0.25, 0.3) is 0 Å². The second kappa shape index (κ2) is 16.1. The Hall–Kier alpha value is -4.43. The molecule has 3 amide bonds. The van der Waals surface area contributed by atoms with Crippen LogP contribution in [0.1, 0.15) is 64.6 Å². The van der Waals surface area contributed by atoms with Gasteiger partial charge >= 0.3 is 6.55 Å². The van der Waals surface area contributed by atoms with Gasteiger partial charge in [0.05, 0.1) is 24.0 Å². The lowest BCUT2D eigenvalue weighted by atomic mass is 10.0. The number of nitrogens with zero attached hydrogens (tertiary/aromatic N) is 1. The minimum Gasteiger partial charge on any atom is -0.354 e. The van der Waals surface area contributed by atoms with Gasteiger partial charge in [0.25, 0.3) is 11.8 Å². The number of carbonyl (C=O) groups is 3. The van der Waals surface area contributed by atoms with E-state index in [1.54, 1.807) is 13.8 Å². The monoisotopic (exact) mass is 687 g/mol. The third kappa shape index (κ3) is 10.5. The Morgan fingerprint density at radius 3 is 2.06 bits per heavy atom. The standard InChI is InChI=1S/C34H40F3N5O5S/c1-21(25-11-13-28(35)14-12-25)40-32(44)26-16-27(18-30(17-26)42(34(36)37)48(3,46)47)33(45)41-29(15-23-7-5-4-6-8-23)20-38-22(2)31(43)39-19-24-9-10-24/h4-8,11-14,16-18,21-22,24,29,34,38H,9-10,15,19-20H2,1-3H3,(H,39,43)(H,40,44)(H,41,45)/t21-,22+,29+/m1/s1. The highest BCUT2D eigenvalue weighted by atomic mass is 32.2. The van der Waals surface area contributed by atoms with Gasteiger partial charge in [-0.3, -0.25) is 14.4 Å². The number of anilines is 1. The molecule has 3 aromatic rings. The summed E-state index contributed by atoms with van der Waals surface area (Å²) in [5.74, 6) is -1.69. The van der Waals surface area contributed by atoms with Gasteiger partial charge < -0.3 is 21.3 Å². The average Bonchev–Trinajstić information content (AvgIpc) is 3.86. The average molecular weight is 688 g/mol. The molecule has 0 radical (unpaired) electrons. The van der Waals surface area contributed by atoms with E-state index in [1.165, 1.54) is 30.3 Å². The zero-order valence-electron chi connectivity index (χ0n) is 26.9. The molecule has 4 N–H and O–H groups in total. The maximum atomic E-state index is 14.1. The summed E-state index contributed by atoms with van der Waals surface area (Å²) < 4.78 is 66.1. The van der Waals surface area contributed by atoms with E-state index in [0.717, 1.165) is 30.5 Å². The van der Waals surface area contributed by atoms with Crippen LogP contribution in [0.3, 0.4) is 0 Å².